The smallest absolute Gasteiger partial charge is 0.228 e. The molecule has 1 saturated heterocycles. The fourth-order valence-corrected chi connectivity index (χ4v) is 2.51. The predicted molar refractivity (Wildman–Crippen MR) is 74.8 cm³/mol. The number of rotatable bonds is 3. The van der Waals surface area contributed by atoms with E-state index in [0.717, 1.165) is 23.3 Å². The van der Waals surface area contributed by atoms with Crippen LogP contribution in [0.5, 0.6) is 0 Å². The zero-order valence-electron chi connectivity index (χ0n) is 10.4. The second-order valence-corrected chi connectivity index (χ2v) is 5.19. The number of amides is 1. The third kappa shape index (κ3) is 3.31. The molecule has 1 N–H and O–H groups in total. The quantitative estimate of drug-likeness (QED) is 0.925. The summed E-state index contributed by atoms with van der Waals surface area (Å²) in [6.45, 7) is 2.15. The second kappa shape index (κ2) is 6.31. The minimum atomic E-state index is 0.0879. The van der Waals surface area contributed by atoms with Gasteiger partial charge in [-0.1, -0.05) is 12.1 Å². The Hall–Kier alpha value is -0.910. The van der Waals surface area contributed by atoms with Gasteiger partial charge in [-0.05, 0) is 28.1 Å². The van der Waals surface area contributed by atoms with Crippen molar-refractivity contribution in [1.29, 1.82) is 0 Å². The molecular weight excluding hydrogens is 296 g/mol. The summed E-state index contributed by atoms with van der Waals surface area (Å²) >= 11 is 3.46. The first kappa shape index (κ1) is 13.5. The van der Waals surface area contributed by atoms with Gasteiger partial charge in [-0.15, -0.1) is 0 Å². The molecule has 1 aromatic rings. The van der Waals surface area contributed by atoms with Crippen LogP contribution in [-0.2, 0) is 9.53 Å². The molecule has 5 heteroatoms. The Morgan fingerprint density at radius 3 is 3.00 bits per heavy atom. The number of carbonyl (C=O) groups is 1. The summed E-state index contributed by atoms with van der Waals surface area (Å²) in [7, 11) is 1.80. The largest absolute Gasteiger partial charge is 0.378 e. The Morgan fingerprint density at radius 1 is 1.56 bits per heavy atom. The Bertz CT molecular complexity index is 419. The van der Waals surface area contributed by atoms with E-state index in [9.17, 15) is 4.79 Å². The Kier molecular flexibility index (Phi) is 4.74. The lowest BCUT2D eigenvalue weighted by Gasteiger charge is -2.26. The van der Waals surface area contributed by atoms with E-state index in [-0.39, 0.29) is 11.9 Å². The van der Waals surface area contributed by atoms with Gasteiger partial charge in [0.1, 0.15) is 0 Å². The van der Waals surface area contributed by atoms with Crippen molar-refractivity contribution in [2.75, 3.05) is 31.7 Å². The molecule has 0 aromatic heterocycles. The fourth-order valence-electron chi connectivity index (χ4n) is 1.96. The highest BCUT2D eigenvalue weighted by atomic mass is 79.9. The van der Waals surface area contributed by atoms with Gasteiger partial charge in [0.15, 0.2) is 0 Å². The molecular formula is C13H17BrN2O2. The van der Waals surface area contributed by atoms with Crippen LogP contribution in [0.4, 0.5) is 5.69 Å². The number of hydrogen-bond donors (Lipinski definition) is 1. The van der Waals surface area contributed by atoms with Crippen molar-refractivity contribution in [3.63, 3.8) is 0 Å². The third-order valence-electron chi connectivity index (χ3n) is 3.01. The molecule has 1 fully saturated rings. The number of benzene rings is 1. The topological polar surface area (TPSA) is 41.6 Å². The van der Waals surface area contributed by atoms with E-state index in [4.69, 9.17) is 4.74 Å². The first-order valence-electron chi connectivity index (χ1n) is 6.00. The van der Waals surface area contributed by atoms with Crippen LogP contribution in [0.2, 0.25) is 0 Å². The van der Waals surface area contributed by atoms with Crippen LogP contribution < -0.4 is 10.2 Å². The number of morpholine rings is 1. The van der Waals surface area contributed by atoms with E-state index >= 15 is 0 Å². The summed E-state index contributed by atoms with van der Waals surface area (Å²) < 4.78 is 6.27. The van der Waals surface area contributed by atoms with Gasteiger partial charge < -0.3 is 15.0 Å². The van der Waals surface area contributed by atoms with E-state index in [1.54, 1.807) is 11.9 Å². The van der Waals surface area contributed by atoms with E-state index in [1.807, 2.05) is 24.3 Å². The van der Waals surface area contributed by atoms with Gasteiger partial charge in [0, 0.05) is 30.5 Å². The molecule has 1 unspecified atom stereocenters. The summed E-state index contributed by atoms with van der Waals surface area (Å²) in [6.07, 6.45) is 0.456. The molecule has 0 radical (unpaired) electrons. The van der Waals surface area contributed by atoms with E-state index in [0.29, 0.717) is 13.0 Å². The van der Waals surface area contributed by atoms with Gasteiger partial charge in [0.25, 0.3) is 0 Å². The van der Waals surface area contributed by atoms with Crippen molar-refractivity contribution in [3.8, 4) is 0 Å². The summed E-state index contributed by atoms with van der Waals surface area (Å²) in [5.41, 5.74) is 0.888. The lowest BCUT2D eigenvalue weighted by Crippen LogP contribution is -2.44. The number of nitrogens with one attached hydrogen (secondary N) is 1. The molecule has 0 aliphatic carbocycles. The van der Waals surface area contributed by atoms with Gasteiger partial charge in [-0.25, -0.2) is 0 Å². The summed E-state index contributed by atoms with van der Waals surface area (Å²) in [4.78, 5) is 13.9. The molecule has 18 heavy (non-hydrogen) atoms. The van der Waals surface area contributed by atoms with Crippen LogP contribution in [0.3, 0.4) is 0 Å². The number of halogens is 1. The highest BCUT2D eigenvalue weighted by molar-refractivity contribution is 9.10. The van der Waals surface area contributed by atoms with Crippen molar-refractivity contribution in [2.45, 2.75) is 12.5 Å². The molecule has 1 heterocycles. The Labute approximate surface area is 115 Å². The van der Waals surface area contributed by atoms with Crippen molar-refractivity contribution < 1.29 is 9.53 Å². The highest BCUT2D eigenvalue weighted by Crippen LogP contribution is 2.25. The number of hydrogen-bond acceptors (Lipinski definition) is 3. The first-order chi connectivity index (χ1) is 8.68. The van der Waals surface area contributed by atoms with Gasteiger partial charge in [0.2, 0.25) is 5.91 Å². The van der Waals surface area contributed by atoms with Crippen LogP contribution in [0.15, 0.2) is 28.7 Å². The molecule has 1 aliphatic rings. The molecule has 1 amide bonds. The standard InChI is InChI=1S/C13H17BrN2O2/c1-16(12-5-3-2-4-11(12)14)13(17)8-10-9-18-7-6-15-10/h2-5,10,15H,6-9H2,1H3. The number of nitrogens with zero attached hydrogens (tertiary/aromatic N) is 1. The molecule has 1 atom stereocenters. The zero-order valence-corrected chi connectivity index (χ0v) is 11.9. The van der Waals surface area contributed by atoms with Crippen LogP contribution in [-0.4, -0.2) is 38.8 Å². The van der Waals surface area contributed by atoms with Crippen LogP contribution >= 0.6 is 15.9 Å². The van der Waals surface area contributed by atoms with Crippen LogP contribution in [0.25, 0.3) is 0 Å². The minimum absolute atomic E-state index is 0.0879. The lowest BCUT2D eigenvalue weighted by atomic mass is 10.1. The molecule has 98 valence electrons. The number of anilines is 1. The molecule has 0 spiro atoms. The minimum Gasteiger partial charge on any atom is -0.378 e. The van der Waals surface area contributed by atoms with Crippen LogP contribution in [0.1, 0.15) is 6.42 Å². The van der Waals surface area contributed by atoms with Crippen molar-refractivity contribution in [3.05, 3.63) is 28.7 Å². The highest BCUT2D eigenvalue weighted by Gasteiger charge is 2.20. The molecule has 1 aromatic carbocycles. The molecule has 4 nitrogen and oxygen atoms in total. The normalized spacial score (nSPS) is 19.6. The fraction of sp³-hybridized carbons (Fsp3) is 0.462. The van der Waals surface area contributed by atoms with Gasteiger partial charge in [0.05, 0.1) is 18.9 Å². The number of carbonyl (C=O) groups excluding carboxylic acids is 1. The van der Waals surface area contributed by atoms with Gasteiger partial charge >= 0.3 is 0 Å². The zero-order chi connectivity index (χ0) is 13.0. The summed E-state index contributed by atoms with van der Waals surface area (Å²) in [6, 6.07) is 7.83. The number of para-hydroxylation sites is 1. The van der Waals surface area contributed by atoms with Crippen LogP contribution in [0, 0.1) is 0 Å². The predicted octanol–water partition coefficient (Wildman–Crippen LogP) is 1.79. The maximum absolute atomic E-state index is 12.2. The van der Waals surface area contributed by atoms with Gasteiger partial charge in [-0.2, -0.15) is 0 Å². The first-order valence-corrected chi connectivity index (χ1v) is 6.80. The average Bonchev–Trinajstić information content (AvgIpc) is 2.39. The number of ether oxygens (including phenoxy) is 1. The summed E-state index contributed by atoms with van der Waals surface area (Å²) in [5.74, 6) is 0.0879. The van der Waals surface area contributed by atoms with Gasteiger partial charge in [-0.3, -0.25) is 4.79 Å². The third-order valence-corrected chi connectivity index (χ3v) is 3.68. The maximum atomic E-state index is 12.2. The molecule has 0 bridgehead atoms. The molecule has 1 aliphatic heterocycles. The average molecular weight is 313 g/mol. The van der Waals surface area contributed by atoms with E-state index in [1.165, 1.54) is 0 Å². The second-order valence-electron chi connectivity index (χ2n) is 4.33. The Morgan fingerprint density at radius 2 is 2.33 bits per heavy atom. The SMILES string of the molecule is CN(C(=O)CC1COCCN1)c1ccccc1Br. The van der Waals surface area contributed by atoms with E-state index < -0.39 is 0 Å². The Balaban J connectivity index is 1.98. The lowest BCUT2D eigenvalue weighted by molar-refractivity contribution is -0.119. The van der Waals surface area contributed by atoms with E-state index in [2.05, 4.69) is 21.2 Å². The summed E-state index contributed by atoms with van der Waals surface area (Å²) in [5, 5.41) is 3.29. The van der Waals surface area contributed by atoms with Crippen molar-refractivity contribution in [2.24, 2.45) is 0 Å². The molecule has 0 saturated carbocycles. The maximum Gasteiger partial charge on any atom is 0.228 e. The molecule has 2 rings (SSSR count). The van der Waals surface area contributed by atoms with Crippen molar-refractivity contribution in [1.82, 2.24) is 5.32 Å². The van der Waals surface area contributed by atoms with Crippen molar-refractivity contribution >= 4 is 27.5 Å². The monoisotopic (exact) mass is 312 g/mol.